The highest BCUT2D eigenvalue weighted by molar-refractivity contribution is 7.89. The van der Waals surface area contributed by atoms with Gasteiger partial charge in [0.25, 0.3) is 0 Å². The van der Waals surface area contributed by atoms with E-state index in [1.54, 1.807) is 65.2 Å². The maximum absolute atomic E-state index is 14.2. The lowest BCUT2D eigenvalue weighted by molar-refractivity contribution is 0.0892. The largest absolute Gasteiger partial charge is 0.356 e. The van der Waals surface area contributed by atoms with E-state index in [1.165, 1.54) is 16.4 Å². The molecule has 1 aliphatic heterocycles. The first kappa shape index (κ1) is 25.2. The predicted octanol–water partition coefficient (Wildman–Crippen LogP) is 5.03. The molecular formula is C30H27FN4O3S. The highest BCUT2D eigenvalue weighted by atomic mass is 32.2. The zero-order valence-electron chi connectivity index (χ0n) is 21.6. The van der Waals surface area contributed by atoms with Gasteiger partial charge in [0.2, 0.25) is 10.0 Å². The van der Waals surface area contributed by atoms with Gasteiger partial charge in [0.1, 0.15) is 5.82 Å². The molecule has 0 spiro atoms. The van der Waals surface area contributed by atoms with E-state index in [-0.39, 0.29) is 29.6 Å². The Morgan fingerprint density at radius 1 is 1.03 bits per heavy atom. The number of fused-ring (bicyclic) bond motifs is 1. The summed E-state index contributed by atoms with van der Waals surface area (Å²) in [5, 5.41) is 5.34. The monoisotopic (exact) mass is 542 g/mol. The number of aryl methyl sites for hydroxylation is 2. The number of rotatable bonds is 6. The van der Waals surface area contributed by atoms with Gasteiger partial charge in [-0.25, -0.2) is 17.5 Å². The maximum Gasteiger partial charge on any atom is 0.244 e. The molecule has 1 saturated heterocycles. The van der Waals surface area contributed by atoms with Gasteiger partial charge in [-0.2, -0.15) is 9.40 Å². The third-order valence-corrected chi connectivity index (χ3v) is 9.48. The minimum absolute atomic E-state index is 0.0381. The molecule has 1 atom stereocenters. The Kier molecular flexibility index (Phi) is 6.00. The van der Waals surface area contributed by atoms with Crippen LogP contribution < -0.4 is 0 Å². The molecule has 0 saturated carbocycles. The Labute approximate surface area is 226 Å². The molecule has 2 aromatic heterocycles. The van der Waals surface area contributed by atoms with Crippen LogP contribution in [0.2, 0.25) is 0 Å². The molecule has 0 bridgehead atoms. The summed E-state index contributed by atoms with van der Waals surface area (Å²) in [6.07, 6.45) is 5.35. The zero-order chi connectivity index (χ0) is 27.4. The van der Waals surface area contributed by atoms with Gasteiger partial charge in [0.15, 0.2) is 5.78 Å². The van der Waals surface area contributed by atoms with Crippen LogP contribution in [0.25, 0.3) is 16.6 Å². The lowest BCUT2D eigenvalue weighted by Crippen LogP contribution is -2.41. The molecule has 1 unspecified atom stereocenters. The van der Waals surface area contributed by atoms with Crippen LogP contribution in [0.5, 0.6) is 0 Å². The fraction of sp³-hybridized carbons (Fsp3) is 0.200. The van der Waals surface area contributed by atoms with E-state index in [1.807, 2.05) is 37.3 Å². The molecule has 3 heterocycles. The number of hydrogen-bond donors (Lipinski definition) is 0. The summed E-state index contributed by atoms with van der Waals surface area (Å²) in [5.41, 5.74) is 2.65. The van der Waals surface area contributed by atoms with Gasteiger partial charge >= 0.3 is 0 Å². The van der Waals surface area contributed by atoms with Crippen molar-refractivity contribution in [3.8, 4) is 5.69 Å². The minimum atomic E-state index is -3.79. The fourth-order valence-electron chi connectivity index (χ4n) is 5.63. The lowest BCUT2D eigenvalue weighted by Gasteiger charge is -2.30. The number of hydrogen-bond acceptors (Lipinski definition) is 4. The summed E-state index contributed by atoms with van der Waals surface area (Å²) >= 11 is 0. The van der Waals surface area contributed by atoms with Crippen molar-refractivity contribution in [2.75, 3.05) is 13.1 Å². The normalized spacial score (nSPS) is 18.1. The molecule has 198 valence electrons. The molecule has 0 amide bonds. The molecule has 1 fully saturated rings. The van der Waals surface area contributed by atoms with E-state index in [2.05, 4.69) is 5.10 Å². The Balaban J connectivity index is 1.48. The van der Waals surface area contributed by atoms with Gasteiger partial charge < -0.3 is 4.57 Å². The standard InChI is InChI=1S/C30H27FN4O3S/c1-21-16-28-23(18-32-35(28)25-10-8-24(31)9-11-25)17-27(21)30(29(36)22-6-4-3-5-7-22)13-15-34(20-30)39(37,38)26-12-14-33(2)19-26/h3-12,14,16-19H,13,15,20H2,1-2H3. The molecule has 0 N–H and O–H groups in total. The minimum Gasteiger partial charge on any atom is -0.356 e. The third-order valence-electron chi connectivity index (χ3n) is 7.65. The van der Waals surface area contributed by atoms with Crippen LogP contribution in [0.15, 0.2) is 96.3 Å². The fourth-order valence-corrected chi connectivity index (χ4v) is 7.19. The summed E-state index contributed by atoms with van der Waals surface area (Å²) in [7, 11) is -2.02. The molecule has 5 aromatic rings. The molecular weight excluding hydrogens is 515 g/mol. The first-order chi connectivity index (χ1) is 18.7. The topological polar surface area (TPSA) is 77.2 Å². The molecule has 6 rings (SSSR count). The Morgan fingerprint density at radius 2 is 1.77 bits per heavy atom. The summed E-state index contributed by atoms with van der Waals surface area (Å²) in [6, 6.07) is 20.6. The first-order valence-corrected chi connectivity index (χ1v) is 14.1. The van der Waals surface area contributed by atoms with Gasteiger partial charge in [-0.15, -0.1) is 0 Å². The number of sulfonamides is 1. The van der Waals surface area contributed by atoms with Crippen molar-refractivity contribution in [2.45, 2.75) is 23.7 Å². The van der Waals surface area contributed by atoms with E-state index < -0.39 is 15.4 Å². The third kappa shape index (κ3) is 4.18. The number of benzene rings is 3. The number of ketones is 1. The Hall–Kier alpha value is -4.08. The summed E-state index contributed by atoms with van der Waals surface area (Å²) in [6.45, 7) is 2.20. The molecule has 1 aliphatic rings. The zero-order valence-corrected chi connectivity index (χ0v) is 22.4. The Morgan fingerprint density at radius 3 is 2.46 bits per heavy atom. The number of carbonyl (C=O) groups is 1. The van der Waals surface area contributed by atoms with Crippen molar-refractivity contribution < 1.29 is 17.6 Å². The van der Waals surface area contributed by atoms with Gasteiger partial charge in [-0.1, -0.05) is 30.3 Å². The van der Waals surface area contributed by atoms with Crippen molar-refractivity contribution in [1.82, 2.24) is 18.7 Å². The lowest BCUT2D eigenvalue weighted by atomic mass is 9.72. The van der Waals surface area contributed by atoms with Gasteiger partial charge in [-0.3, -0.25) is 4.79 Å². The van der Waals surface area contributed by atoms with Crippen LogP contribution >= 0.6 is 0 Å². The summed E-state index contributed by atoms with van der Waals surface area (Å²) < 4.78 is 45.5. The summed E-state index contributed by atoms with van der Waals surface area (Å²) in [5.74, 6) is -0.437. The number of carbonyl (C=O) groups excluding carboxylic acids is 1. The highest BCUT2D eigenvalue weighted by Gasteiger charge is 2.50. The number of nitrogens with zero attached hydrogens (tertiary/aromatic N) is 4. The van der Waals surface area contributed by atoms with E-state index in [0.29, 0.717) is 12.0 Å². The van der Waals surface area contributed by atoms with Gasteiger partial charge in [0, 0.05) is 43.5 Å². The molecule has 0 aliphatic carbocycles. The van der Waals surface area contributed by atoms with Crippen LogP contribution in [0, 0.1) is 12.7 Å². The van der Waals surface area contributed by atoms with E-state index in [9.17, 15) is 17.6 Å². The smallest absolute Gasteiger partial charge is 0.244 e. The van der Waals surface area contributed by atoms with Crippen molar-refractivity contribution in [3.05, 3.63) is 114 Å². The van der Waals surface area contributed by atoms with Crippen LogP contribution in [0.3, 0.4) is 0 Å². The average molecular weight is 543 g/mol. The second-order valence-corrected chi connectivity index (χ2v) is 12.1. The quantitative estimate of drug-likeness (QED) is 0.282. The molecule has 0 radical (unpaired) electrons. The number of halogens is 1. The number of aromatic nitrogens is 3. The first-order valence-electron chi connectivity index (χ1n) is 12.7. The summed E-state index contributed by atoms with van der Waals surface area (Å²) in [4.78, 5) is 14.5. The van der Waals surface area contributed by atoms with E-state index >= 15 is 0 Å². The van der Waals surface area contributed by atoms with Crippen molar-refractivity contribution in [2.24, 2.45) is 7.05 Å². The van der Waals surface area contributed by atoms with Crippen molar-refractivity contribution in [3.63, 3.8) is 0 Å². The van der Waals surface area contributed by atoms with E-state index in [4.69, 9.17) is 0 Å². The molecule has 7 nitrogen and oxygen atoms in total. The SMILES string of the molecule is Cc1cc2c(cnn2-c2ccc(F)cc2)cc1C1(C(=O)c2ccccc2)CCN(S(=O)(=O)c2ccn(C)c2)C1. The highest BCUT2D eigenvalue weighted by Crippen LogP contribution is 2.42. The molecule has 39 heavy (non-hydrogen) atoms. The van der Waals surface area contributed by atoms with Crippen LogP contribution in [-0.2, 0) is 22.5 Å². The van der Waals surface area contributed by atoms with Crippen molar-refractivity contribution >= 4 is 26.7 Å². The van der Waals surface area contributed by atoms with Crippen LogP contribution in [0.4, 0.5) is 4.39 Å². The van der Waals surface area contributed by atoms with E-state index in [0.717, 1.165) is 27.7 Å². The van der Waals surface area contributed by atoms with Crippen LogP contribution in [-0.4, -0.2) is 45.9 Å². The number of Topliss-reactive ketones (excluding diaryl/α,β-unsaturated/α-hetero) is 1. The average Bonchev–Trinajstić information content (AvgIpc) is 3.68. The second kappa shape index (κ2) is 9.29. The van der Waals surface area contributed by atoms with Crippen molar-refractivity contribution in [1.29, 1.82) is 0 Å². The molecule has 3 aromatic carbocycles. The second-order valence-electron chi connectivity index (χ2n) is 10.1. The van der Waals surface area contributed by atoms with Gasteiger partial charge in [0.05, 0.1) is 27.7 Å². The maximum atomic E-state index is 14.2. The molecule has 9 heteroatoms. The van der Waals surface area contributed by atoms with Crippen LogP contribution in [0.1, 0.15) is 27.9 Å². The Bertz CT molecular complexity index is 1810. The predicted molar refractivity (Wildman–Crippen MR) is 147 cm³/mol. The van der Waals surface area contributed by atoms with Gasteiger partial charge in [-0.05, 0) is 66.9 Å².